The molecule has 1 aliphatic rings. The van der Waals surface area contributed by atoms with E-state index in [9.17, 15) is 0 Å². The maximum absolute atomic E-state index is 5.96. The van der Waals surface area contributed by atoms with Crippen LogP contribution in [0.2, 0.25) is 0 Å². The van der Waals surface area contributed by atoms with Crippen LogP contribution in [0.25, 0.3) is 0 Å². The first-order valence-corrected chi connectivity index (χ1v) is 9.27. The van der Waals surface area contributed by atoms with Gasteiger partial charge in [0, 0.05) is 30.6 Å². The van der Waals surface area contributed by atoms with Crippen molar-refractivity contribution in [2.45, 2.75) is 25.5 Å². The van der Waals surface area contributed by atoms with Gasteiger partial charge in [0.2, 0.25) is 0 Å². The molecule has 0 bridgehead atoms. The molecule has 1 aromatic heterocycles. The molecule has 0 saturated heterocycles. The van der Waals surface area contributed by atoms with Crippen molar-refractivity contribution >= 4 is 23.0 Å². The van der Waals surface area contributed by atoms with Gasteiger partial charge in [-0.1, -0.05) is 47.6 Å². The van der Waals surface area contributed by atoms with Gasteiger partial charge in [-0.3, -0.25) is 0 Å². The van der Waals surface area contributed by atoms with Crippen LogP contribution in [0.4, 0.5) is 17.3 Å². The molecule has 3 aromatic rings. The Kier molecular flexibility index (Phi) is 5.10. The van der Waals surface area contributed by atoms with Gasteiger partial charge in [0.15, 0.2) is 6.10 Å². The average molecular weight is 373 g/mol. The van der Waals surface area contributed by atoms with E-state index < -0.39 is 0 Å². The van der Waals surface area contributed by atoms with E-state index in [1.807, 2.05) is 24.3 Å². The van der Waals surface area contributed by atoms with Crippen molar-refractivity contribution in [2.75, 3.05) is 16.8 Å². The van der Waals surface area contributed by atoms with E-state index in [0.717, 1.165) is 29.9 Å². The number of hydrogen-bond acceptors (Lipinski definition) is 6. The molecule has 0 spiro atoms. The molecular weight excluding hydrogens is 350 g/mol. The Morgan fingerprint density at radius 2 is 1.71 bits per heavy atom. The SMILES string of the molecule is Nc1ccc(C2CC(Cc3ccc(NCc4ccccc4)cc3)=NO2)c(N)n1. The summed E-state index contributed by atoms with van der Waals surface area (Å²) in [5, 5.41) is 7.67. The fraction of sp³-hybridized carbons (Fsp3) is 0.182. The number of nitrogens with one attached hydrogen (secondary N) is 1. The zero-order valence-electron chi connectivity index (χ0n) is 15.5. The second kappa shape index (κ2) is 8.00. The largest absolute Gasteiger partial charge is 0.387 e. The molecule has 0 radical (unpaired) electrons. The van der Waals surface area contributed by atoms with Crippen LogP contribution in [0.3, 0.4) is 0 Å². The quantitative estimate of drug-likeness (QED) is 0.608. The summed E-state index contributed by atoms with van der Waals surface area (Å²) < 4.78 is 0. The van der Waals surface area contributed by atoms with Crippen LogP contribution in [0, 0.1) is 0 Å². The van der Waals surface area contributed by atoms with Crippen LogP contribution in [-0.2, 0) is 17.8 Å². The maximum atomic E-state index is 5.96. The van der Waals surface area contributed by atoms with Gasteiger partial charge in [-0.2, -0.15) is 0 Å². The van der Waals surface area contributed by atoms with E-state index in [1.54, 1.807) is 6.07 Å². The van der Waals surface area contributed by atoms with E-state index in [-0.39, 0.29) is 6.10 Å². The summed E-state index contributed by atoms with van der Waals surface area (Å²) >= 11 is 0. The fourth-order valence-corrected chi connectivity index (χ4v) is 3.25. The normalized spacial score (nSPS) is 15.7. The van der Waals surface area contributed by atoms with Crippen molar-refractivity contribution in [3.8, 4) is 0 Å². The number of hydrogen-bond donors (Lipinski definition) is 3. The summed E-state index contributed by atoms with van der Waals surface area (Å²) in [5.74, 6) is 0.802. The number of pyridine rings is 1. The molecule has 1 aliphatic heterocycles. The molecule has 28 heavy (non-hydrogen) atoms. The van der Waals surface area contributed by atoms with Crippen LogP contribution >= 0.6 is 0 Å². The van der Waals surface area contributed by atoms with Gasteiger partial charge in [0.1, 0.15) is 11.6 Å². The van der Waals surface area contributed by atoms with Crippen molar-refractivity contribution in [2.24, 2.45) is 5.16 Å². The molecule has 6 nitrogen and oxygen atoms in total. The van der Waals surface area contributed by atoms with Gasteiger partial charge in [0.25, 0.3) is 0 Å². The van der Waals surface area contributed by atoms with Crippen molar-refractivity contribution < 1.29 is 4.84 Å². The molecule has 0 fully saturated rings. The lowest BCUT2D eigenvalue weighted by Crippen LogP contribution is -2.07. The highest BCUT2D eigenvalue weighted by molar-refractivity contribution is 5.88. The lowest BCUT2D eigenvalue weighted by atomic mass is 10.0. The molecule has 5 N–H and O–H groups in total. The number of nitrogens with zero attached hydrogens (tertiary/aromatic N) is 2. The Morgan fingerprint density at radius 3 is 2.46 bits per heavy atom. The molecule has 2 heterocycles. The van der Waals surface area contributed by atoms with Crippen molar-refractivity contribution in [3.63, 3.8) is 0 Å². The van der Waals surface area contributed by atoms with Gasteiger partial charge in [-0.15, -0.1) is 0 Å². The highest BCUT2D eigenvalue weighted by Crippen LogP contribution is 2.31. The minimum absolute atomic E-state index is 0.199. The van der Waals surface area contributed by atoms with Crippen molar-refractivity contribution in [3.05, 3.63) is 83.4 Å². The number of nitrogens with two attached hydrogens (primary N) is 2. The van der Waals surface area contributed by atoms with Gasteiger partial charge in [-0.05, 0) is 35.4 Å². The third-order valence-electron chi connectivity index (χ3n) is 4.76. The first-order valence-electron chi connectivity index (χ1n) is 9.27. The van der Waals surface area contributed by atoms with Crippen LogP contribution in [0.5, 0.6) is 0 Å². The lowest BCUT2D eigenvalue weighted by molar-refractivity contribution is 0.0860. The Bertz CT molecular complexity index is 970. The Labute approximate surface area is 164 Å². The van der Waals surface area contributed by atoms with Crippen LogP contribution in [0.1, 0.15) is 29.2 Å². The summed E-state index contributed by atoms with van der Waals surface area (Å²) in [5.41, 5.74) is 17.0. The fourth-order valence-electron chi connectivity index (χ4n) is 3.25. The molecule has 1 unspecified atom stereocenters. The first-order chi connectivity index (χ1) is 13.7. The number of nitrogen functional groups attached to an aromatic ring is 2. The number of rotatable bonds is 6. The number of anilines is 3. The molecule has 0 saturated carbocycles. The molecule has 2 aromatic carbocycles. The standard InChI is InChI=1S/C22H23N5O/c23-21-11-10-19(22(24)26-21)20-13-18(27-28-20)12-15-6-8-17(9-7-15)25-14-16-4-2-1-3-5-16/h1-11,20,25H,12-14H2,(H4,23,24,26). The third-order valence-corrected chi connectivity index (χ3v) is 4.76. The van der Waals surface area contributed by atoms with E-state index >= 15 is 0 Å². The number of benzene rings is 2. The molecule has 0 amide bonds. The number of aromatic nitrogens is 1. The van der Waals surface area contributed by atoms with Gasteiger partial charge in [-0.25, -0.2) is 4.98 Å². The monoisotopic (exact) mass is 373 g/mol. The second-order valence-electron chi connectivity index (χ2n) is 6.88. The summed E-state index contributed by atoms with van der Waals surface area (Å²) in [6.45, 7) is 0.805. The lowest BCUT2D eigenvalue weighted by Gasteiger charge is -2.11. The molecule has 142 valence electrons. The molecule has 0 aliphatic carbocycles. The van der Waals surface area contributed by atoms with Gasteiger partial charge in [0.05, 0.1) is 5.71 Å². The molecule has 1 atom stereocenters. The van der Waals surface area contributed by atoms with E-state index in [0.29, 0.717) is 18.1 Å². The Hall–Kier alpha value is -3.54. The van der Waals surface area contributed by atoms with Gasteiger partial charge >= 0.3 is 0 Å². The predicted octanol–water partition coefficient (Wildman–Crippen LogP) is 3.92. The summed E-state index contributed by atoms with van der Waals surface area (Å²) in [4.78, 5) is 9.66. The van der Waals surface area contributed by atoms with Gasteiger partial charge < -0.3 is 21.6 Å². The summed E-state index contributed by atoms with van der Waals surface area (Å²) in [7, 11) is 0. The molecule has 4 rings (SSSR count). The predicted molar refractivity (Wildman–Crippen MR) is 113 cm³/mol. The van der Waals surface area contributed by atoms with Crippen molar-refractivity contribution in [1.29, 1.82) is 0 Å². The van der Waals surface area contributed by atoms with Crippen LogP contribution in [0.15, 0.2) is 71.9 Å². The average Bonchev–Trinajstić information content (AvgIpc) is 3.16. The van der Waals surface area contributed by atoms with E-state index in [4.69, 9.17) is 16.3 Å². The Balaban J connectivity index is 1.32. The highest BCUT2D eigenvalue weighted by Gasteiger charge is 2.25. The minimum atomic E-state index is -0.199. The summed E-state index contributed by atoms with van der Waals surface area (Å²) in [6.07, 6.45) is 1.25. The summed E-state index contributed by atoms with van der Waals surface area (Å²) in [6, 6.07) is 22.3. The molecule has 6 heteroatoms. The number of oxime groups is 1. The van der Waals surface area contributed by atoms with Crippen LogP contribution < -0.4 is 16.8 Å². The molecular formula is C22H23N5O. The highest BCUT2D eigenvalue weighted by atomic mass is 16.6. The minimum Gasteiger partial charge on any atom is -0.387 e. The van der Waals surface area contributed by atoms with Crippen molar-refractivity contribution in [1.82, 2.24) is 4.98 Å². The Morgan fingerprint density at radius 1 is 0.929 bits per heavy atom. The van der Waals surface area contributed by atoms with E-state index in [1.165, 1.54) is 11.1 Å². The second-order valence-corrected chi connectivity index (χ2v) is 6.88. The van der Waals surface area contributed by atoms with E-state index in [2.05, 4.69) is 51.9 Å². The topological polar surface area (TPSA) is 98.5 Å². The zero-order chi connectivity index (χ0) is 19.3. The van der Waals surface area contributed by atoms with Crippen LogP contribution in [-0.4, -0.2) is 10.7 Å². The first kappa shape index (κ1) is 17.9. The smallest absolute Gasteiger partial charge is 0.161 e. The third kappa shape index (κ3) is 4.23. The zero-order valence-corrected chi connectivity index (χ0v) is 15.5. The maximum Gasteiger partial charge on any atom is 0.161 e.